The molecule has 2 N–H and O–H groups in total. The van der Waals surface area contributed by atoms with E-state index in [1.807, 2.05) is 0 Å². The zero-order valence-electron chi connectivity index (χ0n) is 6.84. The smallest absolute Gasteiger partial charge is 0.0165 e. The summed E-state index contributed by atoms with van der Waals surface area (Å²) >= 11 is 0. The molecule has 1 heterocycles. The molecule has 0 aromatic rings. The van der Waals surface area contributed by atoms with E-state index in [1.54, 1.807) is 0 Å². The minimum Gasteiger partial charge on any atom is -0.327 e. The fourth-order valence-corrected chi connectivity index (χ4v) is 1.43. The van der Waals surface area contributed by atoms with E-state index >= 15 is 0 Å². The molecule has 0 aromatic heterocycles. The Morgan fingerprint density at radius 1 is 1.40 bits per heavy atom. The van der Waals surface area contributed by atoms with Crippen LogP contribution in [0.1, 0.15) is 26.2 Å². The molecule has 0 radical (unpaired) electrons. The van der Waals surface area contributed by atoms with Crippen LogP contribution < -0.4 is 5.73 Å². The highest BCUT2D eigenvalue weighted by Gasteiger charge is 2.13. The van der Waals surface area contributed by atoms with Crippen LogP contribution in [-0.4, -0.2) is 30.6 Å². The van der Waals surface area contributed by atoms with Gasteiger partial charge in [0, 0.05) is 12.6 Å². The molecule has 0 bridgehead atoms. The second-order valence-corrected chi connectivity index (χ2v) is 3.18. The second kappa shape index (κ2) is 3.94. The molecule has 1 aliphatic rings. The maximum absolute atomic E-state index is 5.81. The van der Waals surface area contributed by atoms with E-state index in [0.717, 1.165) is 13.0 Å². The third-order valence-corrected chi connectivity index (χ3v) is 2.22. The first kappa shape index (κ1) is 8.02. The van der Waals surface area contributed by atoms with Crippen molar-refractivity contribution in [2.24, 2.45) is 5.73 Å². The lowest BCUT2D eigenvalue weighted by atomic mass is 10.2. The molecule has 0 aliphatic carbocycles. The highest BCUT2D eigenvalue weighted by atomic mass is 15.1. The van der Waals surface area contributed by atoms with Gasteiger partial charge in [0.2, 0.25) is 0 Å². The van der Waals surface area contributed by atoms with E-state index in [9.17, 15) is 0 Å². The van der Waals surface area contributed by atoms with Crippen LogP contribution in [0.2, 0.25) is 0 Å². The minimum atomic E-state index is 0.401. The Balaban J connectivity index is 2.11. The number of likely N-dealkylation sites (tertiary alicyclic amines) is 1. The zero-order valence-corrected chi connectivity index (χ0v) is 6.84. The number of rotatable bonds is 3. The molecule has 1 fully saturated rings. The predicted octanol–water partition coefficient (Wildman–Crippen LogP) is 0.819. The van der Waals surface area contributed by atoms with Gasteiger partial charge in [-0.05, 0) is 32.4 Å². The summed E-state index contributed by atoms with van der Waals surface area (Å²) in [6.45, 7) is 5.80. The summed E-state index contributed by atoms with van der Waals surface area (Å²) in [5, 5.41) is 0. The Bertz CT molecular complexity index is 87.3. The van der Waals surface area contributed by atoms with Crippen molar-refractivity contribution in [3.05, 3.63) is 0 Å². The van der Waals surface area contributed by atoms with Gasteiger partial charge in [0.15, 0.2) is 0 Å². The lowest BCUT2D eigenvalue weighted by molar-refractivity contribution is 0.311. The lowest BCUT2D eigenvalue weighted by Crippen LogP contribution is -2.35. The van der Waals surface area contributed by atoms with Crippen molar-refractivity contribution in [3.63, 3.8) is 0 Å². The van der Waals surface area contributed by atoms with Gasteiger partial charge in [0.05, 0.1) is 0 Å². The van der Waals surface area contributed by atoms with Crippen LogP contribution in [0.15, 0.2) is 0 Å². The molecule has 0 amide bonds. The third-order valence-electron chi connectivity index (χ3n) is 2.22. The Labute approximate surface area is 63.4 Å². The summed E-state index contributed by atoms with van der Waals surface area (Å²) in [5.41, 5.74) is 5.81. The van der Waals surface area contributed by atoms with E-state index in [0.29, 0.717) is 6.04 Å². The highest BCUT2D eigenvalue weighted by Crippen LogP contribution is 2.07. The third kappa shape index (κ3) is 2.27. The topological polar surface area (TPSA) is 29.3 Å². The molecule has 0 spiro atoms. The van der Waals surface area contributed by atoms with Crippen LogP contribution in [0.5, 0.6) is 0 Å². The average Bonchev–Trinajstić information content (AvgIpc) is 2.40. The Morgan fingerprint density at radius 3 is 2.50 bits per heavy atom. The van der Waals surface area contributed by atoms with Gasteiger partial charge >= 0.3 is 0 Å². The summed E-state index contributed by atoms with van der Waals surface area (Å²) < 4.78 is 0. The SMILES string of the molecule is CC[C@H](N)CN1CCCC1. The monoisotopic (exact) mass is 142 g/mol. The maximum atomic E-state index is 5.81. The van der Waals surface area contributed by atoms with Gasteiger partial charge in [-0.1, -0.05) is 6.92 Å². The molecule has 1 rings (SSSR count). The summed E-state index contributed by atoms with van der Waals surface area (Å²) in [6.07, 6.45) is 3.85. The average molecular weight is 142 g/mol. The van der Waals surface area contributed by atoms with Gasteiger partial charge in [-0.15, -0.1) is 0 Å². The molecule has 1 aliphatic heterocycles. The number of nitrogens with two attached hydrogens (primary N) is 1. The molecule has 10 heavy (non-hydrogen) atoms. The van der Waals surface area contributed by atoms with Crippen molar-refractivity contribution in [3.8, 4) is 0 Å². The first-order valence-corrected chi connectivity index (χ1v) is 4.31. The van der Waals surface area contributed by atoms with Gasteiger partial charge < -0.3 is 10.6 Å². The molecular formula is C8H18N2. The van der Waals surface area contributed by atoms with Crippen LogP contribution in [0.3, 0.4) is 0 Å². The van der Waals surface area contributed by atoms with Crippen LogP contribution in [-0.2, 0) is 0 Å². The fraction of sp³-hybridized carbons (Fsp3) is 1.00. The molecule has 2 nitrogen and oxygen atoms in total. The maximum Gasteiger partial charge on any atom is 0.0165 e. The van der Waals surface area contributed by atoms with Gasteiger partial charge in [-0.3, -0.25) is 0 Å². The van der Waals surface area contributed by atoms with E-state index in [-0.39, 0.29) is 0 Å². The van der Waals surface area contributed by atoms with Crippen LogP contribution in [0, 0.1) is 0 Å². The van der Waals surface area contributed by atoms with Crippen LogP contribution >= 0.6 is 0 Å². The first-order chi connectivity index (χ1) is 4.83. The van der Waals surface area contributed by atoms with Crippen molar-refractivity contribution >= 4 is 0 Å². The molecule has 0 saturated carbocycles. The van der Waals surface area contributed by atoms with Crippen molar-refractivity contribution in [2.75, 3.05) is 19.6 Å². The lowest BCUT2D eigenvalue weighted by Gasteiger charge is -2.18. The van der Waals surface area contributed by atoms with E-state index in [2.05, 4.69) is 11.8 Å². The van der Waals surface area contributed by atoms with Crippen molar-refractivity contribution in [1.82, 2.24) is 4.90 Å². The quantitative estimate of drug-likeness (QED) is 0.632. The minimum absolute atomic E-state index is 0.401. The molecular weight excluding hydrogens is 124 g/mol. The molecule has 1 saturated heterocycles. The van der Waals surface area contributed by atoms with Crippen molar-refractivity contribution < 1.29 is 0 Å². The Morgan fingerprint density at radius 2 is 2.00 bits per heavy atom. The van der Waals surface area contributed by atoms with Gasteiger partial charge in [-0.2, -0.15) is 0 Å². The van der Waals surface area contributed by atoms with E-state index in [1.165, 1.54) is 25.9 Å². The van der Waals surface area contributed by atoms with Gasteiger partial charge in [0.25, 0.3) is 0 Å². The van der Waals surface area contributed by atoms with Crippen LogP contribution in [0.4, 0.5) is 0 Å². The summed E-state index contributed by atoms with van der Waals surface area (Å²) in [4.78, 5) is 2.47. The normalized spacial score (nSPS) is 23.4. The van der Waals surface area contributed by atoms with Crippen LogP contribution in [0.25, 0.3) is 0 Å². The Hall–Kier alpha value is -0.0800. The fourth-order valence-electron chi connectivity index (χ4n) is 1.43. The number of nitrogens with zero attached hydrogens (tertiary/aromatic N) is 1. The molecule has 2 heteroatoms. The largest absolute Gasteiger partial charge is 0.327 e. The highest BCUT2D eigenvalue weighted by molar-refractivity contribution is 4.71. The summed E-state index contributed by atoms with van der Waals surface area (Å²) in [7, 11) is 0. The van der Waals surface area contributed by atoms with Gasteiger partial charge in [0.1, 0.15) is 0 Å². The van der Waals surface area contributed by atoms with E-state index < -0.39 is 0 Å². The van der Waals surface area contributed by atoms with Crippen molar-refractivity contribution in [2.45, 2.75) is 32.2 Å². The molecule has 0 unspecified atom stereocenters. The summed E-state index contributed by atoms with van der Waals surface area (Å²) in [5.74, 6) is 0. The molecule has 60 valence electrons. The zero-order chi connectivity index (χ0) is 7.40. The van der Waals surface area contributed by atoms with Crippen molar-refractivity contribution in [1.29, 1.82) is 0 Å². The second-order valence-electron chi connectivity index (χ2n) is 3.18. The summed E-state index contributed by atoms with van der Waals surface area (Å²) in [6, 6.07) is 0.401. The number of hydrogen-bond acceptors (Lipinski definition) is 2. The molecule has 1 atom stereocenters. The van der Waals surface area contributed by atoms with E-state index in [4.69, 9.17) is 5.73 Å². The Kier molecular flexibility index (Phi) is 3.16. The standard InChI is InChI=1S/C8H18N2/c1-2-8(9)7-10-5-3-4-6-10/h8H,2-7,9H2,1H3/t8-/m0/s1. The molecule has 0 aromatic carbocycles. The first-order valence-electron chi connectivity index (χ1n) is 4.31. The van der Waals surface area contributed by atoms with Gasteiger partial charge in [-0.25, -0.2) is 0 Å². The predicted molar refractivity (Wildman–Crippen MR) is 43.9 cm³/mol. The number of hydrogen-bond donors (Lipinski definition) is 1.